The van der Waals surface area contributed by atoms with Crippen LogP contribution in [0.2, 0.25) is 0 Å². The maximum absolute atomic E-state index is 12.5. The molecule has 0 spiro atoms. The van der Waals surface area contributed by atoms with Gasteiger partial charge in [0.15, 0.2) is 6.61 Å². The van der Waals surface area contributed by atoms with E-state index in [4.69, 9.17) is 9.57 Å². The van der Waals surface area contributed by atoms with Crippen molar-refractivity contribution in [2.75, 3.05) is 74.1 Å². The van der Waals surface area contributed by atoms with E-state index < -0.39 is 0 Å². The zero-order valence-corrected chi connectivity index (χ0v) is 29.2. The van der Waals surface area contributed by atoms with Crippen molar-refractivity contribution in [3.05, 3.63) is 35.4 Å². The number of unbranched alkanes of at least 4 members (excludes halogenated alkanes) is 7. The van der Waals surface area contributed by atoms with Gasteiger partial charge in [-0.15, -0.1) is 0 Å². The first-order chi connectivity index (χ1) is 19.2. The molecule has 1 aromatic carbocycles. The zero-order valence-electron chi connectivity index (χ0n) is 26.0. The molecule has 2 aliphatic rings. The number of amides is 2. The van der Waals surface area contributed by atoms with Crippen LogP contribution < -0.4 is 34.0 Å². The van der Waals surface area contributed by atoms with Crippen LogP contribution in [0.5, 0.6) is 0 Å². The molecule has 0 atom stereocenters. The molecule has 3 rings (SSSR count). The van der Waals surface area contributed by atoms with Gasteiger partial charge in [-0.2, -0.15) is 0 Å². The monoisotopic (exact) mass is 712 g/mol. The largest absolute Gasteiger partial charge is 1.00 e. The van der Waals surface area contributed by atoms with Crippen molar-refractivity contribution < 1.29 is 62.1 Å². The Morgan fingerprint density at radius 3 is 1.86 bits per heavy atom. The Balaban J connectivity index is 0.00000441. The highest BCUT2D eigenvalue weighted by Gasteiger charge is 2.34. The smallest absolute Gasteiger partial charge is 0.261 e. The molecule has 0 aliphatic carbocycles. The summed E-state index contributed by atoms with van der Waals surface area (Å²) in [6.07, 6.45) is 11.8. The third-order valence-corrected chi connectivity index (χ3v) is 7.82. The Labute approximate surface area is 274 Å². The van der Waals surface area contributed by atoms with Gasteiger partial charge in [-0.3, -0.25) is 14.5 Å². The molecule has 0 aromatic heterocycles. The molecular weight excluding hydrogens is 664 g/mol. The standard InChI is InChI=1S/C32H50N4O4.2BrH/c1-35(2,24-15-16-26-39-30-20-27-40-33-30)22-13-9-7-5-6-8-10-14-23-36(3,4)25-17-21-34-31(37)28-18-11-12-19-29(28)32(34)38;;/h11-12,18-19H,5-10,13-14,17,20-27H2,1-4H3;2*1H/q+2;;/p-2. The van der Waals surface area contributed by atoms with Crippen molar-refractivity contribution in [3.63, 3.8) is 0 Å². The fourth-order valence-corrected chi connectivity index (χ4v) is 5.27. The molecule has 236 valence electrons. The number of fused-ring (bicyclic) bond motifs is 1. The van der Waals surface area contributed by atoms with Gasteiger partial charge < -0.3 is 52.5 Å². The van der Waals surface area contributed by atoms with Gasteiger partial charge in [0.2, 0.25) is 5.90 Å². The van der Waals surface area contributed by atoms with Crippen molar-refractivity contribution in [3.8, 4) is 11.8 Å². The summed E-state index contributed by atoms with van der Waals surface area (Å²) in [5.41, 5.74) is 1.08. The second kappa shape index (κ2) is 19.4. The van der Waals surface area contributed by atoms with E-state index in [1.54, 1.807) is 12.1 Å². The van der Waals surface area contributed by atoms with Crippen molar-refractivity contribution >= 4 is 17.7 Å². The van der Waals surface area contributed by atoms with Gasteiger partial charge in [-0.1, -0.05) is 48.9 Å². The third kappa shape index (κ3) is 13.2. The summed E-state index contributed by atoms with van der Waals surface area (Å²) in [7, 11) is 9.00. The van der Waals surface area contributed by atoms with Crippen LogP contribution in [0.3, 0.4) is 0 Å². The van der Waals surface area contributed by atoms with Crippen LogP contribution in [0.25, 0.3) is 0 Å². The lowest BCUT2D eigenvalue weighted by atomic mass is 10.1. The summed E-state index contributed by atoms with van der Waals surface area (Å²) in [6, 6.07) is 7.12. The maximum atomic E-state index is 12.5. The van der Waals surface area contributed by atoms with E-state index in [1.165, 1.54) is 56.3 Å². The Kier molecular flexibility index (Phi) is 17.6. The highest BCUT2D eigenvalue weighted by atomic mass is 79.9. The minimum absolute atomic E-state index is 0. The molecule has 2 heterocycles. The molecule has 0 unspecified atom stereocenters. The molecule has 0 bridgehead atoms. The van der Waals surface area contributed by atoms with E-state index in [0.29, 0.717) is 36.8 Å². The number of nitrogens with zero attached hydrogens (tertiary/aromatic N) is 4. The van der Waals surface area contributed by atoms with Crippen LogP contribution in [-0.4, -0.2) is 106 Å². The molecule has 2 aliphatic heterocycles. The molecule has 10 heteroatoms. The maximum Gasteiger partial charge on any atom is 0.261 e. The van der Waals surface area contributed by atoms with E-state index in [2.05, 4.69) is 45.2 Å². The van der Waals surface area contributed by atoms with Gasteiger partial charge in [-0.25, -0.2) is 0 Å². The average Bonchev–Trinajstić information content (AvgIpc) is 3.52. The molecular formula is C32H50Br2N4O4. The molecule has 8 nitrogen and oxygen atoms in total. The van der Waals surface area contributed by atoms with E-state index in [1.807, 2.05) is 12.1 Å². The summed E-state index contributed by atoms with van der Waals surface area (Å²) < 4.78 is 7.31. The van der Waals surface area contributed by atoms with Crippen molar-refractivity contribution in [2.45, 2.75) is 64.2 Å². The molecule has 0 N–H and O–H groups in total. The van der Waals surface area contributed by atoms with Gasteiger partial charge in [0, 0.05) is 13.0 Å². The van der Waals surface area contributed by atoms with Crippen LogP contribution in [0.4, 0.5) is 0 Å². The lowest BCUT2D eigenvalue weighted by Gasteiger charge is -2.30. The molecule has 0 fully saturated rings. The van der Waals surface area contributed by atoms with Gasteiger partial charge in [0.25, 0.3) is 11.8 Å². The zero-order chi connectivity index (χ0) is 28.8. The summed E-state index contributed by atoms with van der Waals surface area (Å²) in [4.78, 5) is 31.4. The first-order valence-electron chi connectivity index (χ1n) is 15.1. The van der Waals surface area contributed by atoms with Crippen LogP contribution in [0.15, 0.2) is 29.4 Å². The number of oxime groups is 1. The number of halogens is 2. The third-order valence-electron chi connectivity index (χ3n) is 7.82. The normalized spacial score (nSPS) is 14.3. The van der Waals surface area contributed by atoms with Gasteiger partial charge in [0.1, 0.15) is 13.2 Å². The Morgan fingerprint density at radius 2 is 1.31 bits per heavy atom. The number of carbonyl (C=O) groups is 2. The minimum Gasteiger partial charge on any atom is -1.00 e. The quantitative estimate of drug-likeness (QED) is 0.0873. The van der Waals surface area contributed by atoms with Gasteiger partial charge in [0.05, 0.1) is 65.4 Å². The fourth-order valence-electron chi connectivity index (χ4n) is 5.27. The summed E-state index contributed by atoms with van der Waals surface area (Å²) in [5.74, 6) is 6.69. The van der Waals surface area contributed by atoms with Crippen molar-refractivity contribution in [1.82, 2.24) is 4.90 Å². The minimum atomic E-state index is -0.147. The lowest BCUT2D eigenvalue weighted by molar-refractivity contribution is -0.890. The molecule has 0 saturated carbocycles. The number of carbonyl (C=O) groups excluding carboxylic acids is 2. The number of quaternary nitrogens is 2. The van der Waals surface area contributed by atoms with Gasteiger partial charge in [-0.05, 0) is 43.7 Å². The lowest BCUT2D eigenvalue weighted by Crippen LogP contribution is -3.00. The molecule has 0 radical (unpaired) electrons. The summed E-state index contributed by atoms with van der Waals surface area (Å²) >= 11 is 0. The van der Waals surface area contributed by atoms with Crippen molar-refractivity contribution in [2.24, 2.45) is 5.16 Å². The first kappa shape index (κ1) is 38.1. The second-order valence-electron chi connectivity index (χ2n) is 12.4. The number of imide groups is 1. The van der Waals surface area contributed by atoms with E-state index in [-0.39, 0.29) is 45.8 Å². The topological polar surface area (TPSA) is 68.2 Å². The molecule has 0 saturated heterocycles. The fraction of sp³-hybridized carbons (Fsp3) is 0.656. The highest BCUT2D eigenvalue weighted by Crippen LogP contribution is 2.22. The summed E-state index contributed by atoms with van der Waals surface area (Å²) in [6.45, 7) is 5.58. The Hall–Kier alpha value is -1.93. The number of hydrogen-bond acceptors (Lipinski definition) is 5. The van der Waals surface area contributed by atoms with Crippen molar-refractivity contribution in [1.29, 1.82) is 0 Å². The first-order valence-corrected chi connectivity index (χ1v) is 15.1. The Morgan fingerprint density at radius 1 is 0.786 bits per heavy atom. The van der Waals surface area contributed by atoms with Crippen LogP contribution >= 0.6 is 0 Å². The molecule has 2 amide bonds. The van der Waals surface area contributed by atoms with Gasteiger partial charge >= 0.3 is 0 Å². The second-order valence-corrected chi connectivity index (χ2v) is 12.4. The average molecular weight is 715 g/mol. The number of benzene rings is 1. The number of rotatable bonds is 17. The highest BCUT2D eigenvalue weighted by molar-refractivity contribution is 6.21. The van der Waals surface area contributed by atoms with Crippen LogP contribution in [0, 0.1) is 11.8 Å². The van der Waals surface area contributed by atoms with E-state index in [0.717, 1.165) is 48.0 Å². The van der Waals surface area contributed by atoms with Crippen LogP contribution in [-0.2, 0) is 9.57 Å². The summed E-state index contributed by atoms with van der Waals surface area (Å²) in [5, 5.41) is 3.81. The van der Waals surface area contributed by atoms with E-state index in [9.17, 15) is 9.59 Å². The number of hydrogen-bond donors (Lipinski definition) is 0. The SMILES string of the molecule is C[N+](C)(CC#CCOC1=NOCC1)CCCCCCCCCC[N+](C)(C)CCCN1C(=O)c2ccccc2C1=O.[Br-].[Br-]. The predicted octanol–water partition coefficient (Wildman–Crippen LogP) is -1.29. The Bertz CT molecular complexity index is 1050. The number of ether oxygens (including phenoxy) is 1. The predicted molar refractivity (Wildman–Crippen MR) is 159 cm³/mol. The van der Waals surface area contributed by atoms with Crippen LogP contribution in [0.1, 0.15) is 84.9 Å². The molecule has 42 heavy (non-hydrogen) atoms. The molecule has 1 aromatic rings. The van der Waals surface area contributed by atoms with E-state index >= 15 is 0 Å².